The van der Waals surface area contributed by atoms with Gasteiger partial charge in [0.05, 0.1) is 29.9 Å². The lowest BCUT2D eigenvalue weighted by Crippen LogP contribution is -2.59. The molecular weight excluding hydrogens is 522 g/mol. The molecule has 1 aromatic heterocycles. The topological polar surface area (TPSA) is 91.8 Å². The van der Waals surface area contributed by atoms with Crippen molar-refractivity contribution in [3.8, 4) is 5.75 Å². The fourth-order valence-electron chi connectivity index (χ4n) is 6.97. The number of benzene rings is 1. The van der Waals surface area contributed by atoms with Gasteiger partial charge in [0.1, 0.15) is 11.6 Å². The number of hydrogen-bond donors (Lipinski definition) is 3. The van der Waals surface area contributed by atoms with Gasteiger partial charge in [-0.05, 0) is 96.5 Å². The Hall–Kier alpha value is -1.94. The summed E-state index contributed by atoms with van der Waals surface area (Å²) in [5.74, 6) is 3.96. The number of ether oxygens (including phenoxy) is 2. The molecule has 4 aliphatic carbocycles. The Balaban J connectivity index is 1.02. The van der Waals surface area contributed by atoms with Gasteiger partial charge in [0.15, 0.2) is 0 Å². The van der Waals surface area contributed by atoms with E-state index in [-0.39, 0.29) is 0 Å². The predicted molar refractivity (Wildman–Crippen MR) is 143 cm³/mol. The molecule has 1 aliphatic heterocycles. The molecule has 194 valence electrons. The Bertz CT molecular complexity index is 1030. The third-order valence-electron chi connectivity index (χ3n) is 8.39. The fourth-order valence-corrected chi connectivity index (χ4v) is 7.28. The van der Waals surface area contributed by atoms with Crippen LogP contribution in [0, 0.1) is 17.8 Å². The Morgan fingerprint density at radius 1 is 1.11 bits per heavy atom. The Morgan fingerprint density at radius 3 is 2.58 bits per heavy atom. The molecule has 2 atom stereocenters. The van der Waals surface area contributed by atoms with Gasteiger partial charge in [-0.1, -0.05) is 0 Å². The highest BCUT2D eigenvalue weighted by Crippen LogP contribution is 2.56. The standard InChI is InChI=1S/C27H36BrN5O3/c28-23-17-29-26(32-25(23)31-24-19-12-18-13-20(24)16-27(34,14-18)15-19)30-21-2-4-22(5-3-21)36-9-1-6-33-7-10-35-11-8-33/h2-5,17-20,24,34H,1,6-16H2,(H2,29,30,31,32)/t18?,19?,20?,24-,27-. The van der Waals surface area contributed by atoms with Gasteiger partial charge < -0.3 is 25.2 Å². The average Bonchev–Trinajstić information content (AvgIpc) is 2.86. The first-order valence-corrected chi connectivity index (χ1v) is 14.1. The molecule has 4 bridgehead atoms. The summed E-state index contributed by atoms with van der Waals surface area (Å²) >= 11 is 3.63. The van der Waals surface area contributed by atoms with Gasteiger partial charge in [0, 0.05) is 37.6 Å². The summed E-state index contributed by atoms with van der Waals surface area (Å²) < 4.78 is 12.2. The second-order valence-electron chi connectivity index (χ2n) is 11.1. The summed E-state index contributed by atoms with van der Waals surface area (Å²) in [6.45, 7) is 5.45. The number of rotatable bonds is 9. The highest BCUT2D eigenvalue weighted by Gasteiger charge is 2.54. The molecule has 5 aliphatic rings. The van der Waals surface area contributed by atoms with Crippen LogP contribution in [-0.2, 0) is 4.74 Å². The number of hydrogen-bond acceptors (Lipinski definition) is 8. The van der Waals surface area contributed by atoms with E-state index in [1.807, 2.05) is 24.3 Å². The maximum Gasteiger partial charge on any atom is 0.229 e. The maximum atomic E-state index is 10.9. The van der Waals surface area contributed by atoms with Crippen molar-refractivity contribution in [1.82, 2.24) is 14.9 Å². The largest absolute Gasteiger partial charge is 0.494 e. The molecule has 0 radical (unpaired) electrons. The lowest BCUT2D eigenvalue weighted by molar-refractivity contribution is -0.129. The second kappa shape index (κ2) is 10.4. The van der Waals surface area contributed by atoms with E-state index in [1.165, 1.54) is 12.8 Å². The van der Waals surface area contributed by atoms with E-state index in [9.17, 15) is 5.11 Å². The summed E-state index contributed by atoms with van der Waals surface area (Å²) in [5.41, 5.74) is 0.490. The number of aliphatic hydroxyl groups is 1. The van der Waals surface area contributed by atoms with Crippen molar-refractivity contribution in [3.05, 3.63) is 34.9 Å². The molecule has 2 aromatic rings. The summed E-state index contributed by atoms with van der Waals surface area (Å²) in [5, 5.41) is 17.9. The lowest BCUT2D eigenvalue weighted by Gasteiger charge is -2.58. The number of nitrogens with one attached hydrogen (secondary N) is 2. The molecular formula is C27H36BrN5O3. The molecule has 0 amide bonds. The molecule has 5 fully saturated rings. The van der Waals surface area contributed by atoms with Crippen LogP contribution in [0.15, 0.2) is 34.9 Å². The smallest absolute Gasteiger partial charge is 0.229 e. The highest BCUT2D eigenvalue weighted by atomic mass is 79.9. The zero-order valence-electron chi connectivity index (χ0n) is 20.7. The van der Waals surface area contributed by atoms with Crippen LogP contribution in [0.2, 0.25) is 0 Å². The van der Waals surface area contributed by atoms with Crippen LogP contribution < -0.4 is 15.4 Å². The molecule has 7 rings (SSSR count). The molecule has 4 saturated carbocycles. The van der Waals surface area contributed by atoms with Gasteiger partial charge >= 0.3 is 0 Å². The fraction of sp³-hybridized carbons (Fsp3) is 0.630. The molecule has 1 saturated heterocycles. The molecule has 3 N–H and O–H groups in total. The van der Waals surface area contributed by atoms with Gasteiger partial charge in [-0.25, -0.2) is 4.98 Å². The van der Waals surface area contributed by atoms with Crippen molar-refractivity contribution in [1.29, 1.82) is 0 Å². The normalized spacial score (nSPS) is 31.4. The highest BCUT2D eigenvalue weighted by molar-refractivity contribution is 9.10. The maximum absolute atomic E-state index is 10.9. The number of morpholine rings is 1. The van der Waals surface area contributed by atoms with Crippen molar-refractivity contribution in [3.63, 3.8) is 0 Å². The average molecular weight is 559 g/mol. The van der Waals surface area contributed by atoms with Gasteiger partial charge in [0.2, 0.25) is 5.95 Å². The van der Waals surface area contributed by atoms with Gasteiger partial charge in [-0.15, -0.1) is 0 Å². The van der Waals surface area contributed by atoms with Crippen LogP contribution in [0.4, 0.5) is 17.5 Å². The van der Waals surface area contributed by atoms with Gasteiger partial charge in [-0.3, -0.25) is 4.90 Å². The van der Waals surface area contributed by atoms with Crippen molar-refractivity contribution in [2.45, 2.75) is 50.2 Å². The van der Waals surface area contributed by atoms with Crippen molar-refractivity contribution in [2.24, 2.45) is 17.8 Å². The first-order chi connectivity index (χ1) is 17.5. The number of halogens is 1. The van der Waals surface area contributed by atoms with Crippen molar-refractivity contribution in [2.75, 3.05) is 50.1 Å². The SMILES string of the molecule is O[C@]12CC3CC(C1)[C@@H](Nc1nc(Nc4ccc(OCCCN5CCOCC5)cc4)ncc1Br)C(C3)C2. The van der Waals surface area contributed by atoms with E-state index >= 15 is 0 Å². The van der Waals surface area contributed by atoms with Crippen molar-refractivity contribution >= 4 is 33.4 Å². The summed E-state index contributed by atoms with van der Waals surface area (Å²) in [6, 6.07) is 8.31. The third-order valence-corrected chi connectivity index (χ3v) is 8.97. The van der Waals surface area contributed by atoms with E-state index in [0.717, 1.165) is 80.3 Å². The third kappa shape index (κ3) is 5.49. The minimum atomic E-state index is -0.428. The first kappa shape index (κ1) is 24.4. The molecule has 1 aromatic carbocycles. The van der Waals surface area contributed by atoms with E-state index in [2.05, 4.69) is 36.4 Å². The van der Waals surface area contributed by atoms with Crippen LogP contribution in [0.25, 0.3) is 0 Å². The van der Waals surface area contributed by atoms with Crippen LogP contribution in [0.5, 0.6) is 5.75 Å². The molecule has 9 heteroatoms. The number of nitrogens with zero attached hydrogens (tertiary/aromatic N) is 3. The van der Waals surface area contributed by atoms with Crippen LogP contribution in [-0.4, -0.2) is 71.1 Å². The van der Waals surface area contributed by atoms with E-state index in [1.54, 1.807) is 6.20 Å². The van der Waals surface area contributed by atoms with Gasteiger partial charge in [-0.2, -0.15) is 4.98 Å². The molecule has 0 spiro atoms. The zero-order chi connectivity index (χ0) is 24.5. The summed E-state index contributed by atoms with van der Waals surface area (Å²) in [4.78, 5) is 11.7. The minimum absolute atomic E-state index is 0.362. The second-order valence-corrected chi connectivity index (χ2v) is 11.9. The Morgan fingerprint density at radius 2 is 1.86 bits per heavy atom. The van der Waals surface area contributed by atoms with Crippen LogP contribution >= 0.6 is 15.9 Å². The Kier molecular flexibility index (Phi) is 7.07. The molecule has 8 nitrogen and oxygen atoms in total. The quantitative estimate of drug-likeness (QED) is 0.390. The minimum Gasteiger partial charge on any atom is -0.494 e. The van der Waals surface area contributed by atoms with Crippen LogP contribution in [0.1, 0.15) is 38.5 Å². The van der Waals surface area contributed by atoms with E-state index in [4.69, 9.17) is 14.5 Å². The van der Waals surface area contributed by atoms with E-state index in [0.29, 0.717) is 36.4 Å². The molecule has 2 unspecified atom stereocenters. The molecule has 36 heavy (non-hydrogen) atoms. The Labute approximate surface area is 221 Å². The summed E-state index contributed by atoms with van der Waals surface area (Å²) in [6.07, 6.45) is 8.05. The molecule has 2 heterocycles. The first-order valence-electron chi connectivity index (χ1n) is 13.3. The monoisotopic (exact) mass is 557 g/mol. The van der Waals surface area contributed by atoms with Crippen molar-refractivity contribution < 1.29 is 14.6 Å². The predicted octanol–water partition coefficient (Wildman–Crippen LogP) is 4.44. The zero-order valence-corrected chi connectivity index (χ0v) is 22.3. The van der Waals surface area contributed by atoms with Crippen LogP contribution in [0.3, 0.4) is 0 Å². The summed E-state index contributed by atoms with van der Waals surface area (Å²) in [7, 11) is 0. The van der Waals surface area contributed by atoms with E-state index < -0.39 is 5.60 Å². The number of anilines is 3. The number of aromatic nitrogens is 2. The van der Waals surface area contributed by atoms with Gasteiger partial charge in [0.25, 0.3) is 0 Å². The lowest BCUT2D eigenvalue weighted by atomic mass is 9.52.